The number of hydrogen-bond donors (Lipinski definition) is 2. The Bertz CT molecular complexity index is 447. The smallest absolute Gasteiger partial charge is 0.396 e. The lowest BCUT2D eigenvalue weighted by Crippen LogP contribution is -2.37. The Hall–Kier alpha value is -1.14. The van der Waals surface area contributed by atoms with Crippen molar-refractivity contribution in [2.45, 2.75) is 18.5 Å². The van der Waals surface area contributed by atoms with E-state index in [0.717, 1.165) is 12.1 Å². The molecule has 0 amide bonds. The van der Waals surface area contributed by atoms with Crippen LogP contribution in [0.2, 0.25) is 0 Å². The molecule has 0 spiro atoms. The van der Waals surface area contributed by atoms with Crippen LogP contribution in [0.1, 0.15) is 23.5 Å². The maximum Gasteiger partial charge on any atom is 0.419 e. The quantitative estimate of drug-likeness (QED) is 0.814. The van der Waals surface area contributed by atoms with Gasteiger partial charge in [0, 0.05) is 19.1 Å². The molecule has 1 aliphatic heterocycles. The van der Waals surface area contributed by atoms with Crippen molar-refractivity contribution in [2.75, 3.05) is 19.7 Å². The Morgan fingerprint density at radius 2 is 2.05 bits per heavy atom. The molecular weight excluding hydrogens is 262 g/mol. The highest BCUT2D eigenvalue weighted by atomic mass is 19.4. The summed E-state index contributed by atoms with van der Waals surface area (Å²) in [6.45, 7) is 1.14. The van der Waals surface area contributed by atoms with Gasteiger partial charge >= 0.3 is 6.18 Å². The molecule has 0 saturated carbocycles. The molecule has 1 fully saturated rings. The van der Waals surface area contributed by atoms with Crippen molar-refractivity contribution in [3.8, 4) is 0 Å². The van der Waals surface area contributed by atoms with Gasteiger partial charge in [-0.1, -0.05) is 6.07 Å². The molecule has 0 aliphatic carbocycles. The summed E-state index contributed by atoms with van der Waals surface area (Å²) in [6.07, 6.45) is -4.06. The molecule has 1 aromatic carbocycles. The second-order valence-electron chi connectivity index (χ2n) is 4.78. The molecule has 0 aromatic heterocycles. The summed E-state index contributed by atoms with van der Waals surface area (Å²) in [4.78, 5) is 0. The lowest BCUT2D eigenvalue weighted by molar-refractivity contribution is -0.140. The molecule has 2 rings (SSSR count). The summed E-state index contributed by atoms with van der Waals surface area (Å²) in [5, 5.41) is 12.4. The van der Waals surface area contributed by atoms with E-state index in [0.29, 0.717) is 25.1 Å². The second kappa shape index (κ2) is 5.46. The van der Waals surface area contributed by atoms with Gasteiger partial charge in [0.2, 0.25) is 0 Å². The molecule has 19 heavy (non-hydrogen) atoms. The van der Waals surface area contributed by atoms with Crippen LogP contribution < -0.4 is 5.32 Å². The Balaban J connectivity index is 2.34. The van der Waals surface area contributed by atoms with Crippen molar-refractivity contribution >= 4 is 0 Å². The summed E-state index contributed by atoms with van der Waals surface area (Å²) in [5.74, 6) is -1.57. The molecule has 1 aromatic rings. The predicted octanol–water partition coefficient (Wildman–Crippen LogP) is 2.53. The average molecular weight is 277 g/mol. The molecule has 0 radical (unpaired) electrons. The van der Waals surface area contributed by atoms with E-state index < -0.39 is 17.6 Å². The highest BCUT2D eigenvalue weighted by Crippen LogP contribution is 2.36. The summed E-state index contributed by atoms with van der Waals surface area (Å²) in [6, 6.07) is 3.10. The minimum Gasteiger partial charge on any atom is -0.396 e. The van der Waals surface area contributed by atoms with E-state index in [1.165, 1.54) is 6.07 Å². The zero-order chi connectivity index (χ0) is 14.0. The lowest BCUT2D eigenvalue weighted by atomic mass is 9.81. The van der Waals surface area contributed by atoms with Crippen molar-refractivity contribution < 1.29 is 22.7 Å². The minimum absolute atomic E-state index is 0.101. The Morgan fingerprint density at radius 1 is 1.32 bits per heavy atom. The van der Waals surface area contributed by atoms with Crippen LogP contribution in [0.15, 0.2) is 18.2 Å². The van der Waals surface area contributed by atoms with Crippen LogP contribution in [0.4, 0.5) is 17.6 Å². The van der Waals surface area contributed by atoms with Crippen molar-refractivity contribution in [2.24, 2.45) is 5.92 Å². The first kappa shape index (κ1) is 14.3. The van der Waals surface area contributed by atoms with Gasteiger partial charge in [-0.25, -0.2) is 4.39 Å². The van der Waals surface area contributed by atoms with Crippen molar-refractivity contribution in [3.63, 3.8) is 0 Å². The van der Waals surface area contributed by atoms with Crippen molar-refractivity contribution in [3.05, 3.63) is 35.1 Å². The van der Waals surface area contributed by atoms with Crippen LogP contribution in [-0.4, -0.2) is 24.8 Å². The van der Waals surface area contributed by atoms with Gasteiger partial charge in [0.1, 0.15) is 5.82 Å². The number of alkyl halides is 3. The summed E-state index contributed by atoms with van der Waals surface area (Å²) in [7, 11) is 0. The molecule has 2 unspecified atom stereocenters. The fourth-order valence-electron chi connectivity index (χ4n) is 2.54. The number of halogens is 4. The number of benzene rings is 1. The van der Waals surface area contributed by atoms with E-state index in [1.807, 2.05) is 0 Å². The molecule has 1 aliphatic rings. The molecule has 2 atom stereocenters. The standard InChI is InChI=1S/C13H15F4NO/c14-12-2-1-8(5-11(12)13(15,16)17)10-3-4-18-6-9(10)7-19/h1-2,5,9-10,18-19H,3-4,6-7H2. The first-order valence-electron chi connectivity index (χ1n) is 6.11. The molecule has 106 valence electrons. The number of piperidine rings is 1. The van der Waals surface area contributed by atoms with Gasteiger partial charge < -0.3 is 10.4 Å². The number of hydrogen-bond acceptors (Lipinski definition) is 2. The van der Waals surface area contributed by atoms with Gasteiger partial charge in [0.15, 0.2) is 0 Å². The van der Waals surface area contributed by atoms with Gasteiger partial charge in [0.05, 0.1) is 5.56 Å². The maximum absolute atomic E-state index is 13.2. The van der Waals surface area contributed by atoms with Gasteiger partial charge in [0.25, 0.3) is 0 Å². The van der Waals surface area contributed by atoms with E-state index >= 15 is 0 Å². The number of rotatable bonds is 2. The Morgan fingerprint density at radius 3 is 2.68 bits per heavy atom. The topological polar surface area (TPSA) is 32.3 Å². The van der Waals surface area contributed by atoms with Gasteiger partial charge in [-0.3, -0.25) is 0 Å². The molecular formula is C13H15F4NO. The van der Waals surface area contributed by atoms with Gasteiger partial charge in [-0.15, -0.1) is 0 Å². The van der Waals surface area contributed by atoms with E-state index in [4.69, 9.17) is 0 Å². The highest BCUT2D eigenvalue weighted by Gasteiger charge is 2.35. The zero-order valence-corrected chi connectivity index (χ0v) is 10.2. The van der Waals surface area contributed by atoms with E-state index in [2.05, 4.69) is 5.32 Å². The van der Waals surface area contributed by atoms with E-state index in [9.17, 15) is 22.7 Å². The first-order valence-corrected chi connectivity index (χ1v) is 6.11. The fraction of sp³-hybridized carbons (Fsp3) is 0.538. The van der Waals surface area contributed by atoms with Crippen LogP contribution >= 0.6 is 0 Å². The fourth-order valence-corrected chi connectivity index (χ4v) is 2.54. The zero-order valence-electron chi connectivity index (χ0n) is 10.2. The van der Waals surface area contributed by atoms with Crippen molar-refractivity contribution in [1.82, 2.24) is 5.32 Å². The van der Waals surface area contributed by atoms with E-state index in [1.54, 1.807) is 0 Å². The van der Waals surface area contributed by atoms with Crippen LogP contribution in [0.3, 0.4) is 0 Å². The number of aliphatic hydroxyl groups excluding tert-OH is 1. The van der Waals surface area contributed by atoms with E-state index in [-0.39, 0.29) is 18.4 Å². The number of aliphatic hydroxyl groups is 1. The van der Waals surface area contributed by atoms with Crippen LogP contribution in [0, 0.1) is 11.7 Å². The maximum atomic E-state index is 13.2. The molecule has 0 bridgehead atoms. The molecule has 2 nitrogen and oxygen atoms in total. The predicted molar refractivity (Wildman–Crippen MR) is 62.2 cm³/mol. The summed E-state index contributed by atoms with van der Waals surface area (Å²) in [5.41, 5.74) is -0.797. The number of nitrogens with one attached hydrogen (secondary N) is 1. The van der Waals surface area contributed by atoms with Crippen LogP contribution in [0.25, 0.3) is 0 Å². The molecule has 6 heteroatoms. The second-order valence-corrected chi connectivity index (χ2v) is 4.78. The van der Waals surface area contributed by atoms with Crippen molar-refractivity contribution in [1.29, 1.82) is 0 Å². The third-order valence-corrected chi connectivity index (χ3v) is 3.57. The Kier molecular flexibility index (Phi) is 4.10. The minimum atomic E-state index is -4.69. The van der Waals surface area contributed by atoms with Crippen LogP contribution in [0.5, 0.6) is 0 Å². The van der Waals surface area contributed by atoms with Gasteiger partial charge in [-0.05, 0) is 36.6 Å². The molecule has 1 saturated heterocycles. The third-order valence-electron chi connectivity index (χ3n) is 3.57. The lowest BCUT2D eigenvalue weighted by Gasteiger charge is -2.31. The Labute approximate surface area is 108 Å². The average Bonchev–Trinajstić information content (AvgIpc) is 2.38. The summed E-state index contributed by atoms with van der Waals surface area (Å²) < 4.78 is 51.2. The third kappa shape index (κ3) is 3.06. The first-order chi connectivity index (χ1) is 8.93. The normalized spacial score (nSPS) is 24.5. The van der Waals surface area contributed by atoms with Crippen LogP contribution in [-0.2, 0) is 6.18 Å². The largest absolute Gasteiger partial charge is 0.419 e. The highest BCUT2D eigenvalue weighted by molar-refractivity contribution is 5.30. The summed E-state index contributed by atoms with van der Waals surface area (Å²) >= 11 is 0. The monoisotopic (exact) mass is 277 g/mol. The molecule has 2 N–H and O–H groups in total. The molecule has 1 heterocycles. The SMILES string of the molecule is OCC1CNCCC1c1ccc(F)c(C(F)(F)F)c1. The van der Waals surface area contributed by atoms with Gasteiger partial charge in [-0.2, -0.15) is 13.2 Å².